The summed E-state index contributed by atoms with van der Waals surface area (Å²) in [5, 5.41) is 4.00. The average Bonchev–Trinajstić information content (AvgIpc) is 3.23. The summed E-state index contributed by atoms with van der Waals surface area (Å²) in [6, 6.07) is 17.5. The van der Waals surface area contributed by atoms with E-state index in [1.165, 1.54) is 0 Å². The zero-order valence-electron chi connectivity index (χ0n) is 13.6. The van der Waals surface area contributed by atoms with Gasteiger partial charge in [0, 0.05) is 30.1 Å². The SMILES string of the molecule is O=C(/C=C/c1ccccc1)Nc1ccccc1-c1cn2c(n1)SCC2. The van der Waals surface area contributed by atoms with Crippen LogP contribution in [0.2, 0.25) is 0 Å². The smallest absolute Gasteiger partial charge is 0.248 e. The summed E-state index contributed by atoms with van der Waals surface area (Å²) in [7, 11) is 0. The molecule has 1 aromatic heterocycles. The normalized spacial score (nSPS) is 13.1. The Labute approximate surface area is 150 Å². The van der Waals surface area contributed by atoms with Crippen molar-refractivity contribution in [2.75, 3.05) is 11.1 Å². The molecule has 1 aliphatic heterocycles. The van der Waals surface area contributed by atoms with Gasteiger partial charge in [0.05, 0.1) is 11.4 Å². The summed E-state index contributed by atoms with van der Waals surface area (Å²) >= 11 is 1.76. The number of carbonyl (C=O) groups excluding carboxylic acids is 1. The molecule has 0 atom stereocenters. The Hall–Kier alpha value is -2.79. The fraction of sp³-hybridized carbons (Fsp3) is 0.100. The Morgan fingerprint density at radius 1 is 1.12 bits per heavy atom. The Kier molecular flexibility index (Phi) is 4.39. The number of para-hydroxylation sites is 1. The number of carbonyl (C=O) groups is 1. The van der Waals surface area contributed by atoms with Crippen LogP contribution in [0.5, 0.6) is 0 Å². The van der Waals surface area contributed by atoms with E-state index in [4.69, 9.17) is 0 Å². The van der Waals surface area contributed by atoms with Crippen LogP contribution >= 0.6 is 11.8 Å². The standard InChI is InChI=1S/C20H17N3OS/c24-19(11-10-15-6-2-1-3-7-15)21-17-9-5-4-8-16(17)18-14-23-12-13-25-20(23)22-18/h1-11,14H,12-13H2,(H,21,24)/b11-10+. The van der Waals surface area contributed by atoms with E-state index in [0.29, 0.717) is 0 Å². The maximum absolute atomic E-state index is 12.3. The van der Waals surface area contributed by atoms with Crippen LogP contribution in [-0.4, -0.2) is 21.2 Å². The van der Waals surface area contributed by atoms with Crippen molar-refractivity contribution in [1.82, 2.24) is 9.55 Å². The minimum atomic E-state index is -0.155. The number of fused-ring (bicyclic) bond motifs is 1. The van der Waals surface area contributed by atoms with Crippen LogP contribution in [0.25, 0.3) is 17.3 Å². The second-order valence-electron chi connectivity index (χ2n) is 5.73. The molecular formula is C20H17N3OS. The van der Waals surface area contributed by atoms with Crippen LogP contribution in [0.15, 0.2) is 72.0 Å². The number of anilines is 1. The number of thioether (sulfide) groups is 1. The highest BCUT2D eigenvalue weighted by molar-refractivity contribution is 7.99. The third-order valence-electron chi connectivity index (χ3n) is 3.99. The number of rotatable bonds is 4. The fourth-order valence-corrected chi connectivity index (χ4v) is 3.71. The van der Waals surface area contributed by atoms with Crippen molar-refractivity contribution >= 4 is 29.4 Å². The second-order valence-corrected chi connectivity index (χ2v) is 6.79. The van der Waals surface area contributed by atoms with Crippen LogP contribution < -0.4 is 5.32 Å². The highest BCUT2D eigenvalue weighted by Gasteiger charge is 2.17. The Balaban J connectivity index is 1.54. The molecule has 5 heteroatoms. The lowest BCUT2D eigenvalue weighted by Gasteiger charge is -2.08. The molecule has 0 bridgehead atoms. The molecule has 0 radical (unpaired) electrons. The zero-order chi connectivity index (χ0) is 17.1. The van der Waals surface area contributed by atoms with Crippen molar-refractivity contribution in [1.29, 1.82) is 0 Å². The van der Waals surface area contributed by atoms with E-state index < -0.39 is 0 Å². The van der Waals surface area contributed by atoms with Gasteiger partial charge < -0.3 is 9.88 Å². The molecule has 0 aliphatic carbocycles. The Morgan fingerprint density at radius 3 is 2.76 bits per heavy atom. The van der Waals surface area contributed by atoms with Gasteiger partial charge in [0.25, 0.3) is 0 Å². The van der Waals surface area contributed by atoms with E-state index in [2.05, 4.69) is 21.1 Å². The van der Waals surface area contributed by atoms with Crippen LogP contribution in [0.4, 0.5) is 5.69 Å². The van der Waals surface area contributed by atoms with Crippen LogP contribution in [-0.2, 0) is 11.3 Å². The van der Waals surface area contributed by atoms with Gasteiger partial charge in [-0.3, -0.25) is 4.79 Å². The van der Waals surface area contributed by atoms with Gasteiger partial charge in [-0.25, -0.2) is 4.98 Å². The van der Waals surface area contributed by atoms with E-state index in [0.717, 1.165) is 40.0 Å². The molecular weight excluding hydrogens is 330 g/mol. The molecule has 4 rings (SSSR count). The molecule has 0 saturated heterocycles. The molecule has 124 valence electrons. The molecule has 1 aliphatic rings. The zero-order valence-corrected chi connectivity index (χ0v) is 14.4. The van der Waals surface area contributed by atoms with Gasteiger partial charge in [0.15, 0.2) is 5.16 Å². The van der Waals surface area contributed by atoms with Crippen molar-refractivity contribution < 1.29 is 4.79 Å². The number of aryl methyl sites for hydroxylation is 1. The number of amides is 1. The van der Waals surface area contributed by atoms with E-state index >= 15 is 0 Å². The predicted molar refractivity (Wildman–Crippen MR) is 102 cm³/mol. The minimum Gasteiger partial charge on any atom is -0.325 e. The van der Waals surface area contributed by atoms with Gasteiger partial charge in [-0.2, -0.15) is 0 Å². The number of hydrogen-bond donors (Lipinski definition) is 1. The van der Waals surface area contributed by atoms with Crippen LogP contribution in [0, 0.1) is 0 Å². The van der Waals surface area contributed by atoms with Crippen LogP contribution in [0.1, 0.15) is 5.56 Å². The van der Waals surface area contributed by atoms with Gasteiger partial charge in [-0.1, -0.05) is 60.3 Å². The van der Waals surface area contributed by atoms with Gasteiger partial charge >= 0.3 is 0 Å². The number of hydrogen-bond acceptors (Lipinski definition) is 3. The average molecular weight is 347 g/mol. The lowest BCUT2D eigenvalue weighted by atomic mass is 10.1. The number of nitrogens with zero attached hydrogens (tertiary/aromatic N) is 2. The topological polar surface area (TPSA) is 46.9 Å². The predicted octanol–water partition coefficient (Wildman–Crippen LogP) is 4.31. The van der Waals surface area contributed by atoms with Crippen molar-refractivity contribution in [2.24, 2.45) is 0 Å². The monoisotopic (exact) mass is 347 g/mol. The summed E-state index contributed by atoms with van der Waals surface area (Å²) in [6.07, 6.45) is 5.41. The molecule has 0 spiro atoms. The van der Waals surface area contributed by atoms with E-state index in [9.17, 15) is 4.79 Å². The van der Waals surface area contributed by atoms with Gasteiger partial charge in [-0.05, 0) is 17.7 Å². The van der Waals surface area contributed by atoms with Crippen molar-refractivity contribution in [3.63, 3.8) is 0 Å². The molecule has 1 N–H and O–H groups in total. The summed E-state index contributed by atoms with van der Waals surface area (Å²) in [5.41, 5.74) is 3.59. The highest BCUT2D eigenvalue weighted by atomic mass is 32.2. The maximum atomic E-state index is 12.3. The largest absolute Gasteiger partial charge is 0.325 e. The second kappa shape index (κ2) is 6.99. The Bertz CT molecular complexity index is 910. The minimum absolute atomic E-state index is 0.155. The third-order valence-corrected chi connectivity index (χ3v) is 4.96. The first kappa shape index (κ1) is 15.7. The maximum Gasteiger partial charge on any atom is 0.248 e. The molecule has 4 nitrogen and oxygen atoms in total. The molecule has 1 amide bonds. The fourth-order valence-electron chi connectivity index (χ4n) is 2.77. The Morgan fingerprint density at radius 2 is 1.92 bits per heavy atom. The molecule has 0 saturated carbocycles. The molecule has 2 aromatic carbocycles. The first-order chi connectivity index (χ1) is 12.3. The molecule has 3 aromatic rings. The molecule has 0 fully saturated rings. The summed E-state index contributed by atoms with van der Waals surface area (Å²) in [5.74, 6) is 0.920. The highest BCUT2D eigenvalue weighted by Crippen LogP contribution is 2.32. The first-order valence-corrected chi connectivity index (χ1v) is 9.12. The van der Waals surface area contributed by atoms with Gasteiger partial charge in [-0.15, -0.1) is 0 Å². The molecule has 2 heterocycles. The van der Waals surface area contributed by atoms with Crippen LogP contribution in [0.3, 0.4) is 0 Å². The van der Waals surface area contributed by atoms with E-state index in [1.807, 2.05) is 54.6 Å². The van der Waals surface area contributed by atoms with E-state index in [1.54, 1.807) is 23.9 Å². The summed E-state index contributed by atoms with van der Waals surface area (Å²) in [4.78, 5) is 17.0. The summed E-state index contributed by atoms with van der Waals surface area (Å²) < 4.78 is 2.16. The number of imidazole rings is 1. The van der Waals surface area contributed by atoms with Crippen molar-refractivity contribution in [2.45, 2.75) is 11.7 Å². The number of nitrogens with one attached hydrogen (secondary N) is 1. The summed E-state index contributed by atoms with van der Waals surface area (Å²) in [6.45, 7) is 0.987. The number of benzene rings is 2. The van der Waals surface area contributed by atoms with Crippen molar-refractivity contribution in [3.8, 4) is 11.3 Å². The molecule has 0 unspecified atom stereocenters. The van der Waals surface area contributed by atoms with Gasteiger partial charge in [0.1, 0.15) is 0 Å². The lowest BCUT2D eigenvalue weighted by Crippen LogP contribution is -2.08. The first-order valence-electron chi connectivity index (χ1n) is 8.13. The molecule has 25 heavy (non-hydrogen) atoms. The third kappa shape index (κ3) is 3.51. The number of aromatic nitrogens is 2. The quantitative estimate of drug-likeness (QED) is 0.716. The van der Waals surface area contributed by atoms with Crippen molar-refractivity contribution in [3.05, 3.63) is 72.4 Å². The van der Waals surface area contributed by atoms with Gasteiger partial charge in [0.2, 0.25) is 5.91 Å². The van der Waals surface area contributed by atoms with E-state index in [-0.39, 0.29) is 5.91 Å². The lowest BCUT2D eigenvalue weighted by molar-refractivity contribution is -0.111.